The van der Waals surface area contributed by atoms with Crippen LogP contribution in [0.25, 0.3) is 0 Å². The van der Waals surface area contributed by atoms with Crippen LogP contribution in [0.2, 0.25) is 0 Å². The molecule has 0 aliphatic rings. The lowest BCUT2D eigenvalue weighted by molar-refractivity contribution is -0.142. The molecule has 3 rings (SSSR count). The average molecular weight is 463 g/mol. The highest BCUT2D eigenvalue weighted by molar-refractivity contribution is 7.14. The first kappa shape index (κ1) is 23.3. The molecule has 2 aromatic carbocycles. The van der Waals surface area contributed by atoms with E-state index in [4.69, 9.17) is 4.74 Å². The Balaban J connectivity index is 1.57. The highest BCUT2D eigenvalue weighted by Crippen LogP contribution is 2.32. The number of amides is 1. The van der Waals surface area contributed by atoms with Gasteiger partial charge in [-0.15, -0.1) is 11.3 Å². The zero-order chi connectivity index (χ0) is 23.1. The molecule has 1 aromatic heterocycles. The summed E-state index contributed by atoms with van der Waals surface area (Å²) in [7, 11) is 0. The number of anilines is 2. The molecule has 0 aliphatic heterocycles. The molecule has 1 heterocycles. The molecule has 6 nitrogen and oxygen atoms in total. The summed E-state index contributed by atoms with van der Waals surface area (Å²) in [5.41, 5.74) is 0.874. The number of benzene rings is 2. The molecule has 32 heavy (non-hydrogen) atoms. The molecule has 3 aromatic rings. The summed E-state index contributed by atoms with van der Waals surface area (Å²) in [6.45, 7) is 1.99. The van der Waals surface area contributed by atoms with Crippen LogP contribution < -0.4 is 10.6 Å². The van der Waals surface area contributed by atoms with Crippen molar-refractivity contribution in [2.24, 2.45) is 0 Å². The summed E-state index contributed by atoms with van der Waals surface area (Å²) in [6.07, 6.45) is -4.40. The molecule has 10 heteroatoms. The largest absolute Gasteiger partial charge is 0.466 e. The van der Waals surface area contributed by atoms with Crippen LogP contribution in [0.1, 0.15) is 34.1 Å². The summed E-state index contributed by atoms with van der Waals surface area (Å²) in [4.78, 5) is 28.1. The van der Waals surface area contributed by atoms with Crippen molar-refractivity contribution in [3.8, 4) is 0 Å². The Bertz CT molecular complexity index is 1080. The van der Waals surface area contributed by atoms with Crippen molar-refractivity contribution >= 4 is 34.0 Å². The number of alkyl halides is 3. The number of thiazole rings is 1. The summed E-state index contributed by atoms with van der Waals surface area (Å²) >= 11 is 1.19. The fourth-order valence-electron chi connectivity index (χ4n) is 2.86. The lowest BCUT2D eigenvalue weighted by Gasteiger charge is -2.14. The first-order valence-electron chi connectivity index (χ1n) is 9.66. The molecule has 0 bridgehead atoms. The van der Waals surface area contributed by atoms with Crippen molar-refractivity contribution in [3.63, 3.8) is 0 Å². The minimum Gasteiger partial charge on any atom is -0.466 e. The van der Waals surface area contributed by atoms with Crippen molar-refractivity contribution in [2.75, 3.05) is 17.2 Å². The summed E-state index contributed by atoms with van der Waals surface area (Å²) in [5, 5.41) is 7.60. The zero-order valence-corrected chi connectivity index (χ0v) is 17.8. The number of esters is 1. The van der Waals surface area contributed by atoms with Gasteiger partial charge in [-0.2, -0.15) is 13.2 Å². The Kier molecular flexibility index (Phi) is 7.47. The molecule has 0 unspecified atom stereocenters. The number of halogens is 3. The lowest BCUT2D eigenvalue weighted by atomic mass is 10.1. The first-order valence-corrected chi connectivity index (χ1v) is 10.5. The standard InChI is InChI=1S/C22H20F3N3O3S/c1-2-31-19(29)11-17-13-32-21(27-17)28-20(30)14-7-9-16(10-8-14)26-12-15-5-3-4-6-18(15)22(23,24)25/h3-10,13,26H,2,11-12H2,1H3,(H,27,28,30). The maximum Gasteiger partial charge on any atom is 0.416 e. The zero-order valence-electron chi connectivity index (χ0n) is 17.0. The number of rotatable bonds is 8. The van der Waals surface area contributed by atoms with Crippen LogP contribution in [-0.2, 0) is 28.7 Å². The number of carbonyl (C=O) groups excluding carboxylic acids is 2. The van der Waals surface area contributed by atoms with Crippen LogP contribution in [0.4, 0.5) is 24.0 Å². The third-order valence-electron chi connectivity index (χ3n) is 4.36. The highest BCUT2D eigenvalue weighted by Gasteiger charge is 2.32. The number of hydrogen-bond donors (Lipinski definition) is 2. The number of hydrogen-bond acceptors (Lipinski definition) is 6. The maximum atomic E-state index is 13.1. The monoisotopic (exact) mass is 463 g/mol. The van der Waals surface area contributed by atoms with Crippen LogP contribution in [0.5, 0.6) is 0 Å². The Hall–Kier alpha value is -3.40. The number of ether oxygens (including phenoxy) is 1. The van der Waals surface area contributed by atoms with Gasteiger partial charge in [-0.25, -0.2) is 4.98 Å². The summed E-state index contributed by atoms with van der Waals surface area (Å²) in [6, 6.07) is 11.7. The van der Waals surface area contributed by atoms with Crippen LogP contribution >= 0.6 is 11.3 Å². The molecule has 2 N–H and O–H groups in total. The minimum atomic E-state index is -4.42. The van der Waals surface area contributed by atoms with Gasteiger partial charge < -0.3 is 10.1 Å². The molecule has 1 amide bonds. The van der Waals surface area contributed by atoms with Gasteiger partial charge in [-0.1, -0.05) is 18.2 Å². The Labute approximate surface area is 186 Å². The van der Waals surface area contributed by atoms with Crippen molar-refractivity contribution in [2.45, 2.75) is 26.1 Å². The number of nitrogens with one attached hydrogen (secondary N) is 2. The van der Waals surface area contributed by atoms with Gasteiger partial charge in [-0.3, -0.25) is 14.9 Å². The predicted molar refractivity (Wildman–Crippen MR) is 116 cm³/mol. The first-order chi connectivity index (χ1) is 15.3. The normalized spacial score (nSPS) is 11.1. The fraction of sp³-hybridized carbons (Fsp3) is 0.227. The Morgan fingerprint density at radius 2 is 1.81 bits per heavy atom. The van der Waals surface area contributed by atoms with Crippen molar-refractivity contribution in [3.05, 3.63) is 76.3 Å². The van der Waals surface area contributed by atoms with Crippen molar-refractivity contribution in [1.29, 1.82) is 0 Å². The second-order valence-electron chi connectivity index (χ2n) is 6.67. The second kappa shape index (κ2) is 10.3. The molecule has 0 fully saturated rings. The van der Waals surface area contributed by atoms with Gasteiger partial charge in [0, 0.05) is 23.2 Å². The van der Waals surface area contributed by atoms with E-state index < -0.39 is 23.6 Å². The Morgan fingerprint density at radius 1 is 1.09 bits per heavy atom. The van der Waals surface area contributed by atoms with E-state index in [9.17, 15) is 22.8 Å². The van der Waals surface area contributed by atoms with Crippen LogP contribution in [0.15, 0.2) is 53.9 Å². The molecule has 0 spiro atoms. The molecule has 0 radical (unpaired) electrons. The summed E-state index contributed by atoms with van der Waals surface area (Å²) < 4.78 is 44.1. The van der Waals surface area contributed by atoms with Gasteiger partial charge in [-0.05, 0) is 42.8 Å². The van der Waals surface area contributed by atoms with Gasteiger partial charge in [0.05, 0.1) is 24.3 Å². The molecule has 0 atom stereocenters. The quantitative estimate of drug-likeness (QED) is 0.453. The van der Waals surface area contributed by atoms with E-state index in [1.807, 2.05) is 0 Å². The van der Waals surface area contributed by atoms with Gasteiger partial charge in [0.25, 0.3) is 5.91 Å². The molecule has 0 saturated heterocycles. The third kappa shape index (κ3) is 6.30. The van der Waals surface area contributed by atoms with Crippen molar-refractivity contribution in [1.82, 2.24) is 4.98 Å². The van der Waals surface area contributed by atoms with Crippen LogP contribution in [0.3, 0.4) is 0 Å². The van der Waals surface area contributed by atoms with E-state index >= 15 is 0 Å². The predicted octanol–water partition coefficient (Wildman–Crippen LogP) is 5.13. The van der Waals surface area contributed by atoms with Gasteiger partial charge in [0.15, 0.2) is 5.13 Å². The minimum absolute atomic E-state index is 0.0103. The van der Waals surface area contributed by atoms with Crippen LogP contribution in [0, 0.1) is 0 Å². The number of aromatic nitrogens is 1. The van der Waals surface area contributed by atoms with Gasteiger partial charge >= 0.3 is 12.1 Å². The van der Waals surface area contributed by atoms with E-state index in [0.29, 0.717) is 22.1 Å². The number of carbonyl (C=O) groups is 2. The van der Waals surface area contributed by atoms with Gasteiger partial charge in [0.2, 0.25) is 0 Å². The topological polar surface area (TPSA) is 80.3 Å². The Morgan fingerprint density at radius 3 is 2.50 bits per heavy atom. The summed E-state index contributed by atoms with van der Waals surface area (Å²) in [5.74, 6) is -0.785. The molecule has 0 aliphatic carbocycles. The average Bonchev–Trinajstić information content (AvgIpc) is 3.18. The third-order valence-corrected chi connectivity index (χ3v) is 5.16. The second-order valence-corrected chi connectivity index (χ2v) is 7.52. The van der Waals surface area contributed by atoms with E-state index in [0.717, 1.165) is 6.07 Å². The van der Waals surface area contributed by atoms with E-state index in [1.165, 1.54) is 23.5 Å². The van der Waals surface area contributed by atoms with Crippen molar-refractivity contribution < 1.29 is 27.5 Å². The molecule has 0 saturated carbocycles. The lowest BCUT2D eigenvalue weighted by Crippen LogP contribution is -2.13. The fourth-order valence-corrected chi connectivity index (χ4v) is 3.57. The molecule has 168 valence electrons. The molecular weight excluding hydrogens is 443 g/mol. The smallest absolute Gasteiger partial charge is 0.416 e. The van der Waals surface area contributed by atoms with E-state index in [1.54, 1.807) is 42.6 Å². The maximum absolute atomic E-state index is 13.1. The van der Waals surface area contributed by atoms with E-state index in [2.05, 4.69) is 15.6 Å². The van der Waals surface area contributed by atoms with E-state index in [-0.39, 0.29) is 25.1 Å². The SMILES string of the molecule is CCOC(=O)Cc1csc(NC(=O)c2ccc(NCc3ccccc3C(F)(F)F)cc2)n1. The van der Waals surface area contributed by atoms with Gasteiger partial charge in [0.1, 0.15) is 0 Å². The number of nitrogens with zero attached hydrogens (tertiary/aromatic N) is 1. The molecular formula is C22H20F3N3O3S. The van der Waals surface area contributed by atoms with Crippen LogP contribution in [-0.4, -0.2) is 23.5 Å². The highest BCUT2D eigenvalue weighted by atomic mass is 32.1.